The predicted octanol–water partition coefficient (Wildman–Crippen LogP) is 7.17. The largest absolute Gasteiger partial charge is 0.204 e. The van der Waals surface area contributed by atoms with Gasteiger partial charge in [0.25, 0.3) is 0 Å². The fraction of sp³-hybridized carbons (Fsp3) is 0.280. The minimum absolute atomic E-state index is 0.0488. The smallest absolute Gasteiger partial charge is 0.195 e. The molecule has 0 radical (unpaired) electrons. The number of aryl methyl sites for hydroxylation is 1. The molecule has 0 fully saturated rings. The van der Waals surface area contributed by atoms with Gasteiger partial charge in [-0.25, -0.2) is 13.2 Å². The van der Waals surface area contributed by atoms with E-state index in [1.165, 1.54) is 43.7 Å². The van der Waals surface area contributed by atoms with E-state index in [0.29, 0.717) is 10.9 Å². The number of halogens is 3. The Morgan fingerprint density at radius 3 is 2.14 bits per heavy atom. The quantitative estimate of drug-likeness (QED) is 0.242. The van der Waals surface area contributed by atoms with Gasteiger partial charge in [-0.05, 0) is 54.1 Å². The van der Waals surface area contributed by atoms with Gasteiger partial charge in [-0.2, -0.15) is 0 Å². The molecule has 3 aromatic rings. The predicted molar refractivity (Wildman–Crippen MR) is 109 cm³/mol. The molecule has 3 heteroatoms. The standard InChI is InChI=1S/C25H23F3/c1-2-3-4-5-6-7-18-8-10-19(11-9-18)12-13-20-14-15-22-21(16-20)17-23(26)25(28)24(22)27/h8-11,14-17H,2-7H2,1H3. The van der Waals surface area contributed by atoms with Gasteiger partial charge in [-0.1, -0.05) is 62.6 Å². The summed E-state index contributed by atoms with van der Waals surface area (Å²) in [5, 5.41) is 0.342. The second-order valence-electron chi connectivity index (χ2n) is 7.03. The van der Waals surface area contributed by atoms with Crippen LogP contribution in [0.4, 0.5) is 13.2 Å². The summed E-state index contributed by atoms with van der Waals surface area (Å²) in [4.78, 5) is 0. The monoisotopic (exact) mass is 380 g/mol. The second-order valence-corrected chi connectivity index (χ2v) is 7.03. The van der Waals surface area contributed by atoms with Crippen LogP contribution in [0.1, 0.15) is 55.7 Å². The molecule has 0 aliphatic heterocycles. The molecule has 0 saturated carbocycles. The van der Waals surface area contributed by atoms with Crippen LogP contribution in [0.2, 0.25) is 0 Å². The van der Waals surface area contributed by atoms with Crippen molar-refractivity contribution < 1.29 is 13.2 Å². The fourth-order valence-corrected chi connectivity index (χ4v) is 3.21. The van der Waals surface area contributed by atoms with Gasteiger partial charge in [-0.15, -0.1) is 0 Å². The van der Waals surface area contributed by atoms with E-state index in [1.807, 2.05) is 12.1 Å². The number of hydrogen-bond donors (Lipinski definition) is 0. The fourth-order valence-electron chi connectivity index (χ4n) is 3.21. The molecule has 0 aliphatic rings. The van der Waals surface area contributed by atoms with E-state index in [2.05, 4.69) is 30.9 Å². The van der Waals surface area contributed by atoms with Gasteiger partial charge < -0.3 is 0 Å². The Labute approximate surface area is 164 Å². The first kappa shape index (κ1) is 20.0. The Morgan fingerprint density at radius 2 is 1.39 bits per heavy atom. The molecule has 0 bridgehead atoms. The highest BCUT2D eigenvalue weighted by Crippen LogP contribution is 2.24. The van der Waals surface area contributed by atoms with Gasteiger partial charge in [0.2, 0.25) is 0 Å². The Bertz CT molecular complexity index is 1010. The molecular weight excluding hydrogens is 357 g/mol. The van der Waals surface area contributed by atoms with Crippen LogP contribution in [-0.4, -0.2) is 0 Å². The van der Waals surface area contributed by atoms with Crippen molar-refractivity contribution >= 4 is 10.8 Å². The van der Waals surface area contributed by atoms with E-state index in [-0.39, 0.29) is 5.39 Å². The summed E-state index contributed by atoms with van der Waals surface area (Å²) in [6, 6.07) is 13.8. The molecule has 0 aliphatic carbocycles. The number of benzene rings is 3. The average Bonchev–Trinajstić information content (AvgIpc) is 2.71. The van der Waals surface area contributed by atoms with Crippen LogP contribution >= 0.6 is 0 Å². The van der Waals surface area contributed by atoms with Gasteiger partial charge in [0, 0.05) is 16.5 Å². The number of unbranched alkanes of at least 4 members (excludes halogenated alkanes) is 4. The van der Waals surface area contributed by atoms with E-state index in [0.717, 1.165) is 18.1 Å². The molecule has 0 saturated heterocycles. The lowest BCUT2D eigenvalue weighted by Crippen LogP contribution is -1.92. The van der Waals surface area contributed by atoms with Crippen molar-refractivity contribution in [1.82, 2.24) is 0 Å². The SMILES string of the molecule is CCCCCCCc1ccc(C#Cc2ccc3c(F)c(F)c(F)cc3c2)cc1. The lowest BCUT2D eigenvalue weighted by atomic mass is 10.0. The summed E-state index contributed by atoms with van der Waals surface area (Å²) in [5.74, 6) is 2.26. The minimum Gasteiger partial charge on any atom is -0.204 e. The zero-order chi connectivity index (χ0) is 19.9. The Balaban J connectivity index is 1.68. The Morgan fingerprint density at radius 1 is 0.714 bits per heavy atom. The highest BCUT2D eigenvalue weighted by Gasteiger charge is 2.13. The van der Waals surface area contributed by atoms with Crippen LogP contribution in [0, 0.1) is 29.3 Å². The first-order valence-electron chi connectivity index (χ1n) is 9.76. The second kappa shape index (κ2) is 9.46. The first-order chi connectivity index (χ1) is 13.6. The summed E-state index contributed by atoms with van der Waals surface area (Å²) in [7, 11) is 0. The maximum atomic E-state index is 13.8. The highest BCUT2D eigenvalue weighted by atomic mass is 19.2. The number of hydrogen-bond acceptors (Lipinski definition) is 0. The van der Waals surface area contributed by atoms with Crippen LogP contribution < -0.4 is 0 Å². The minimum atomic E-state index is -1.45. The topological polar surface area (TPSA) is 0 Å². The van der Waals surface area contributed by atoms with Crippen molar-refractivity contribution in [2.45, 2.75) is 45.4 Å². The lowest BCUT2D eigenvalue weighted by molar-refractivity contribution is 0.453. The van der Waals surface area contributed by atoms with Crippen molar-refractivity contribution in [2.24, 2.45) is 0 Å². The van der Waals surface area contributed by atoms with Gasteiger partial charge >= 0.3 is 0 Å². The normalized spacial score (nSPS) is 10.7. The third-order valence-electron chi connectivity index (χ3n) is 4.85. The third-order valence-corrected chi connectivity index (χ3v) is 4.85. The molecule has 0 nitrogen and oxygen atoms in total. The lowest BCUT2D eigenvalue weighted by Gasteiger charge is -2.03. The molecule has 28 heavy (non-hydrogen) atoms. The number of fused-ring (bicyclic) bond motifs is 1. The Hall–Kier alpha value is -2.73. The summed E-state index contributed by atoms with van der Waals surface area (Å²) >= 11 is 0. The summed E-state index contributed by atoms with van der Waals surface area (Å²) in [5.41, 5.74) is 2.81. The molecular formula is C25H23F3. The van der Waals surface area contributed by atoms with E-state index < -0.39 is 17.5 Å². The summed E-state index contributed by atoms with van der Waals surface area (Å²) in [6.07, 6.45) is 7.41. The highest BCUT2D eigenvalue weighted by molar-refractivity contribution is 5.84. The van der Waals surface area contributed by atoms with Crippen molar-refractivity contribution in [2.75, 3.05) is 0 Å². The van der Waals surface area contributed by atoms with E-state index in [4.69, 9.17) is 0 Å². The van der Waals surface area contributed by atoms with Crippen molar-refractivity contribution in [3.05, 3.63) is 82.7 Å². The third kappa shape index (κ3) is 4.95. The molecule has 0 heterocycles. The van der Waals surface area contributed by atoms with Gasteiger partial charge in [0.15, 0.2) is 17.5 Å². The zero-order valence-corrected chi connectivity index (χ0v) is 16.0. The molecule has 0 N–H and O–H groups in total. The van der Waals surface area contributed by atoms with Gasteiger partial charge in [-0.3, -0.25) is 0 Å². The van der Waals surface area contributed by atoms with Crippen molar-refractivity contribution in [1.29, 1.82) is 0 Å². The maximum absolute atomic E-state index is 13.8. The van der Waals surface area contributed by atoms with E-state index in [1.54, 1.807) is 12.1 Å². The van der Waals surface area contributed by atoms with E-state index >= 15 is 0 Å². The van der Waals surface area contributed by atoms with Gasteiger partial charge in [0.05, 0.1) is 0 Å². The molecule has 144 valence electrons. The van der Waals surface area contributed by atoms with Gasteiger partial charge in [0.1, 0.15) is 0 Å². The number of rotatable bonds is 6. The van der Waals surface area contributed by atoms with E-state index in [9.17, 15) is 13.2 Å². The first-order valence-corrected chi connectivity index (χ1v) is 9.76. The molecule has 0 atom stereocenters. The molecule has 0 unspecified atom stereocenters. The summed E-state index contributed by atoms with van der Waals surface area (Å²) in [6.45, 7) is 2.22. The molecule has 3 rings (SSSR count). The molecule has 0 spiro atoms. The molecule has 0 aromatic heterocycles. The zero-order valence-electron chi connectivity index (χ0n) is 16.0. The summed E-state index contributed by atoms with van der Waals surface area (Å²) < 4.78 is 40.5. The molecule has 0 amide bonds. The Kier molecular flexibility index (Phi) is 6.76. The van der Waals surface area contributed by atoms with Crippen LogP contribution in [-0.2, 0) is 6.42 Å². The van der Waals surface area contributed by atoms with Crippen molar-refractivity contribution in [3.8, 4) is 11.8 Å². The van der Waals surface area contributed by atoms with Crippen molar-refractivity contribution in [3.63, 3.8) is 0 Å². The van der Waals surface area contributed by atoms with Crippen LogP contribution in [0.15, 0.2) is 48.5 Å². The molecule has 3 aromatic carbocycles. The van der Waals surface area contributed by atoms with Crippen LogP contribution in [0.25, 0.3) is 10.8 Å². The maximum Gasteiger partial charge on any atom is 0.195 e. The van der Waals surface area contributed by atoms with Crippen LogP contribution in [0.5, 0.6) is 0 Å². The average molecular weight is 380 g/mol. The van der Waals surface area contributed by atoms with Crippen LogP contribution in [0.3, 0.4) is 0 Å².